The van der Waals surface area contributed by atoms with Crippen LogP contribution in [-0.2, 0) is 6.54 Å². The van der Waals surface area contributed by atoms with Gasteiger partial charge < -0.3 is 10.6 Å². The number of carbonyl (C=O) groups excluding carboxylic acids is 2. The molecule has 0 bridgehead atoms. The standard InChI is InChI=1S/C18H17ClFN7O2/c19-11-3-1-2-10(4-11)14-6-15(23-22-14)18(29)27-7-12(20)5-13(27)8-26-9-16(17(21)28)24-25-26/h1-4,6,9,12-13H,5,7-8H2,(H2,21,28)(H,22,23)/t12-,13-/m0/s1. The molecule has 1 aliphatic heterocycles. The van der Waals surface area contributed by atoms with Crippen LogP contribution < -0.4 is 5.73 Å². The summed E-state index contributed by atoms with van der Waals surface area (Å²) in [5.41, 5.74) is 6.75. The van der Waals surface area contributed by atoms with Crippen molar-refractivity contribution in [2.45, 2.75) is 25.2 Å². The first-order chi connectivity index (χ1) is 13.9. The van der Waals surface area contributed by atoms with Gasteiger partial charge in [0, 0.05) is 17.0 Å². The van der Waals surface area contributed by atoms with Crippen molar-refractivity contribution in [2.75, 3.05) is 6.54 Å². The van der Waals surface area contributed by atoms with Gasteiger partial charge >= 0.3 is 0 Å². The molecule has 4 rings (SSSR count). The molecule has 2 amide bonds. The number of rotatable bonds is 5. The van der Waals surface area contributed by atoms with E-state index in [2.05, 4.69) is 20.5 Å². The second kappa shape index (κ2) is 7.63. The van der Waals surface area contributed by atoms with E-state index in [1.807, 2.05) is 6.07 Å². The molecule has 1 aliphatic rings. The van der Waals surface area contributed by atoms with Gasteiger partial charge in [0.2, 0.25) is 0 Å². The highest BCUT2D eigenvalue weighted by molar-refractivity contribution is 6.30. The molecule has 150 valence electrons. The van der Waals surface area contributed by atoms with E-state index in [0.717, 1.165) is 5.56 Å². The van der Waals surface area contributed by atoms with Crippen molar-refractivity contribution in [3.8, 4) is 11.3 Å². The number of likely N-dealkylation sites (tertiary alicyclic amines) is 1. The molecule has 0 radical (unpaired) electrons. The van der Waals surface area contributed by atoms with Crippen LogP contribution >= 0.6 is 11.6 Å². The van der Waals surface area contributed by atoms with Crippen LogP contribution in [0.25, 0.3) is 11.3 Å². The summed E-state index contributed by atoms with van der Waals surface area (Å²) in [6.45, 7) is 0.161. The number of aromatic amines is 1. The zero-order valence-electron chi connectivity index (χ0n) is 15.1. The minimum Gasteiger partial charge on any atom is -0.364 e. The van der Waals surface area contributed by atoms with Gasteiger partial charge in [-0.3, -0.25) is 14.7 Å². The number of alkyl halides is 1. The molecule has 9 nitrogen and oxygen atoms in total. The number of nitrogens with one attached hydrogen (secondary N) is 1. The van der Waals surface area contributed by atoms with Crippen LogP contribution in [0.3, 0.4) is 0 Å². The summed E-state index contributed by atoms with van der Waals surface area (Å²) >= 11 is 6.00. The van der Waals surface area contributed by atoms with E-state index < -0.39 is 18.1 Å². The first-order valence-corrected chi connectivity index (χ1v) is 9.25. The zero-order chi connectivity index (χ0) is 20.5. The molecular formula is C18H17ClFN7O2. The predicted molar refractivity (Wildman–Crippen MR) is 102 cm³/mol. The lowest BCUT2D eigenvalue weighted by Gasteiger charge is -2.23. The average molecular weight is 418 g/mol. The monoisotopic (exact) mass is 417 g/mol. The molecule has 11 heteroatoms. The maximum Gasteiger partial charge on any atom is 0.272 e. The lowest BCUT2D eigenvalue weighted by Crippen LogP contribution is -2.38. The van der Waals surface area contributed by atoms with Crippen LogP contribution in [0, 0.1) is 0 Å². The Labute approximate surface area is 169 Å². The predicted octanol–water partition coefficient (Wildman–Crippen LogP) is 1.67. The Kier molecular flexibility index (Phi) is 5.01. The molecule has 3 N–H and O–H groups in total. The SMILES string of the molecule is NC(=O)c1cn(C[C@@H]2C[C@H](F)CN2C(=O)c2cc(-c3cccc(Cl)c3)n[nH]2)nn1. The minimum atomic E-state index is -1.15. The largest absolute Gasteiger partial charge is 0.364 e. The number of hydrogen-bond acceptors (Lipinski definition) is 5. The highest BCUT2D eigenvalue weighted by Crippen LogP contribution is 2.26. The number of benzene rings is 1. The molecule has 1 fully saturated rings. The number of amides is 2. The second-order valence-corrected chi connectivity index (χ2v) is 7.25. The Morgan fingerprint density at radius 1 is 1.34 bits per heavy atom. The molecule has 0 saturated carbocycles. The second-order valence-electron chi connectivity index (χ2n) is 6.81. The average Bonchev–Trinajstić information content (AvgIpc) is 3.41. The van der Waals surface area contributed by atoms with Gasteiger partial charge in [-0.05, 0) is 18.2 Å². The van der Waals surface area contributed by atoms with Gasteiger partial charge in [-0.15, -0.1) is 5.10 Å². The van der Waals surface area contributed by atoms with Gasteiger partial charge in [-0.25, -0.2) is 9.07 Å². The number of halogens is 2. The molecular weight excluding hydrogens is 401 g/mol. The van der Waals surface area contributed by atoms with Crippen LogP contribution in [0.4, 0.5) is 4.39 Å². The Balaban J connectivity index is 1.52. The van der Waals surface area contributed by atoms with Crippen molar-refractivity contribution in [1.29, 1.82) is 0 Å². The van der Waals surface area contributed by atoms with Crippen LogP contribution in [0.2, 0.25) is 5.02 Å². The maximum atomic E-state index is 14.1. The molecule has 0 aliphatic carbocycles. The molecule has 3 aromatic rings. The summed E-state index contributed by atoms with van der Waals surface area (Å²) < 4.78 is 15.5. The van der Waals surface area contributed by atoms with Crippen LogP contribution in [0.15, 0.2) is 36.5 Å². The fourth-order valence-electron chi connectivity index (χ4n) is 3.38. The first kappa shape index (κ1) is 19.1. The zero-order valence-corrected chi connectivity index (χ0v) is 15.9. The highest BCUT2D eigenvalue weighted by Gasteiger charge is 2.37. The number of H-pyrrole nitrogens is 1. The Hall–Kier alpha value is -3.27. The van der Waals surface area contributed by atoms with E-state index in [0.29, 0.717) is 10.7 Å². The molecule has 2 atom stereocenters. The molecule has 0 spiro atoms. The van der Waals surface area contributed by atoms with E-state index >= 15 is 0 Å². The van der Waals surface area contributed by atoms with E-state index in [1.165, 1.54) is 15.8 Å². The summed E-state index contributed by atoms with van der Waals surface area (Å²) in [6, 6.07) is 8.26. The van der Waals surface area contributed by atoms with Crippen LogP contribution in [0.5, 0.6) is 0 Å². The molecule has 29 heavy (non-hydrogen) atoms. The number of primary amides is 1. The van der Waals surface area contributed by atoms with Crippen molar-refractivity contribution in [1.82, 2.24) is 30.1 Å². The summed E-state index contributed by atoms with van der Waals surface area (Å²) in [5.74, 6) is -1.07. The quantitative estimate of drug-likeness (QED) is 0.653. The first-order valence-electron chi connectivity index (χ1n) is 8.87. The number of carbonyl (C=O) groups is 2. The molecule has 1 aromatic carbocycles. The summed E-state index contributed by atoms with van der Waals surface area (Å²) in [7, 11) is 0. The third-order valence-electron chi connectivity index (χ3n) is 4.74. The summed E-state index contributed by atoms with van der Waals surface area (Å²) in [5, 5.41) is 14.9. The van der Waals surface area contributed by atoms with Gasteiger partial charge in [0.1, 0.15) is 11.9 Å². The number of hydrogen-bond donors (Lipinski definition) is 2. The summed E-state index contributed by atoms with van der Waals surface area (Å²) in [4.78, 5) is 25.6. The van der Waals surface area contributed by atoms with Gasteiger partial charge in [0.15, 0.2) is 5.69 Å². The van der Waals surface area contributed by atoms with E-state index in [-0.39, 0.29) is 36.8 Å². The topological polar surface area (TPSA) is 123 Å². The van der Waals surface area contributed by atoms with Crippen molar-refractivity contribution < 1.29 is 14.0 Å². The van der Waals surface area contributed by atoms with Gasteiger partial charge in [-0.1, -0.05) is 28.9 Å². The maximum absolute atomic E-state index is 14.1. The van der Waals surface area contributed by atoms with Gasteiger partial charge in [-0.2, -0.15) is 5.10 Å². The third kappa shape index (κ3) is 3.97. The van der Waals surface area contributed by atoms with Crippen molar-refractivity contribution in [3.05, 3.63) is 52.9 Å². The highest BCUT2D eigenvalue weighted by atomic mass is 35.5. The molecule has 2 aromatic heterocycles. The van der Waals surface area contributed by atoms with Crippen molar-refractivity contribution >= 4 is 23.4 Å². The molecule has 3 heterocycles. The third-order valence-corrected chi connectivity index (χ3v) is 4.98. The fourth-order valence-corrected chi connectivity index (χ4v) is 3.57. The van der Waals surface area contributed by atoms with Crippen LogP contribution in [0.1, 0.15) is 27.4 Å². The van der Waals surface area contributed by atoms with Gasteiger partial charge in [0.05, 0.1) is 31.0 Å². The van der Waals surface area contributed by atoms with E-state index in [4.69, 9.17) is 17.3 Å². The lowest BCUT2D eigenvalue weighted by molar-refractivity contribution is 0.0708. The normalized spacial score (nSPS) is 18.9. The van der Waals surface area contributed by atoms with Crippen molar-refractivity contribution in [3.63, 3.8) is 0 Å². The van der Waals surface area contributed by atoms with Crippen molar-refractivity contribution in [2.24, 2.45) is 5.73 Å². The number of nitrogens with two attached hydrogens (primary N) is 1. The van der Waals surface area contributed by atoms with E-state index in [9.17, 15) is 14.0 Å². The van der Waals surface area contributed by atoms with Gasteiger partial charge in [0.25, 0.3) is 11.8 Å². The Morgan fingerprint density at radius 3 is 2.90 bits per heavy atom. The molecule has 0 unspecified atom stereocenters. The Morgan fingerprint density at radius 2 is 2.17 bits per heavy atom. The fraction of sp³-hybridized carbons (Fsp3) is 0.278. The lowest BCUT2D eigenvalue weighted by atomic mass is 10.1. The smallest absolute Gasteiger partial charge is 0.272 e. The summed E-state index contributed by atoms with van der Waals surface area (Å²) in [6.07, 6.45) is 0.384. The molecule has 1 saturated heterocycles. The Bertz CT molecular complexity index is 1070. The van der Waals surface area contributed by atoms with Crippen LogP contribution in [-0.4, -0.2) is 60.7 Å². The van der Waals surface area contributed by atoms with E-state index in [1.54, 1.807) is 24.3 Å². The minimum absolute atomic E-state index is 0.0115. The number of aromatic nitrogens is 5. The number of nitrogens with zero attached hydrogens (tertiary/aromatic N) is 5.